The lowest BCUT2D eigenvalue weighted by Crippen LogP contribution is -2.18. The molecule has 27 heavy (non-hydrogen) atoms. The number of aryl methyl sites for hydroxylation is 2. The lowest BCUT2D eigenvalue weighted by molar-refractivity contribution is 0.331. The first kappa shape index (κ1) is 16.5. The average Bonchev–Trinajstić information content (AvgIpc) is 3.38. The number of fused-ring (bicyclic) bond motifs is 3. The number of benzene rings is 1. The monoisotopic (exact) mass is 359 g/mol. The van der Waals surface area contributed by atoms with Crippen LogP contribution in [0.25, 0.3) is 16.7 Å². The molecule has 1 fully saturated rings. The predicted molar refractivity (Wildman–Crippen MR) is 108 cm³/mol. The molecule has 0 bridgehead atoms. The van der Waals surface area contributed by atoms with E-state index in [0.717, 1.165) is 24.6 Å². The molecule has 1 aliphatic heterocycles. The molecule has 3 aromatic heterocycles. The second-order valence-electron chi connectivity index (χ2n) is 7.72. The van der Waals surface area contributed by atoms with Gasteiger partial charge >= 0.3 is 0 Å². The fourth-order valence-electron chi connectivity index (χ4n) is 4.31. The third-order valence-corrected chi connectivity index (χ3v) is 5.77. The van der Waals surface area contributed by atoms with E-state index in [-0.39, 0.29) is 0 Å². The Labute approximate surface area is 159 Å². The van der Waals surface area contributed by atoms with Crippen LogP contribution in [0.2, 0.25) is 0 Å². The largest absolute Gasteiger partial charge is 0.339 e. The van der Waals surface area contributed by atoms with Crippen LogP contribution in [-0.4, -0.2) is 37.2 Å². The molecule has 0 unspecified atom stereocenters. The number of aromatic nitrogens is 4. The molecular weight excluding hydrogens is 334 g/mol. The fraction of sp³-hybridized carbons (Fsp3) is 0.364. The Balaban J connectivity index is 1.44. The summed E-state index contributed by atoms with van der Waals surface area (Å²) in [6.45, 7) is 8.63. The van der Waals surface area contributed by atoms with Crippen LogP contribution in [0.3, 0.4) is 0 Å². The van der Waals surface area contributed by atoms with E-state index in [1.165, 1.54) is 53.8 Å². The van der Waals surface area contributed by atoms with Crippen LogP contribution in [0.5, 0.6) is 0 Å². The normalized spacial score (nSPS) is 15.3. The molecule has 4 heterocycles. The van der Waals surface area contributed by atoms with E-state index in [1.54, 1.807) is 0 Å². The Kier molecular flexibility index (Phi) is 3.97. The molecule has 5 rings (SSSR count). The van der Waals surface area contributed by atoms with Gasteiger partial charge in [0.25, 0.3) is 0 Å². The first-order valence-corrected chi connectivity index (χ1v) is 9.80. The molecule has 0 aliphatic carbocycles. The summed E-state index contributed by atoms with van der Waals surface area (Å²) in [5.74, 6) is 0.930. The molecule has 138 valence electrons. The van der Waals surface area contributed by atoms with E-state index in [9.17, 15) is 0 Å². The van der Waals surface area contributed by atoms with Gasteiger partial charge in [0, 0.05) is 18.8 Å². The van der Waals surface area contributed by atoms with E-state index in [0.29, 0.717) is 0 Å². The zero-order valence-corrected chi connectivity index (χ0v) is 16.0. The Morgan fingerprint density at radius 2 is 1.52 bits per heavy atom. The minimum Gasteiger partial charge on any atom is -0.339 e. The molecule has 1 aromatic carbocycles. The van der Waals surface area contributed by atoms with Gasteiger partial charge < -0.3 is 4.57 Å². The molecule has 0 amide bonds. The van der Waals surface area contributed by atoms with Gasteiger partial charge in [-0.15, -0.1) is 10.2 Å². The number of nitrogens with zero attached hydrogens (tertiary/aromatic N) is 5. The molecule has 1 aliphatic rings. The van der Waals surface area contributed by atoms with Gasteiger partial charge in [-0.3, -0.25) is 9.30 Å². The first-order chi connectivity index (χ1) is 13.2. The number of hydrogen-bond acceptors (Lipinski definition) is 3. The fourth-order valence-corrected chi connectivity index (χ4v) is 4.31. The van der Waals surface area contributed by atoms with E-state index >= 15 is 0 Å². The van der Waals surface area contributed by atoms with Gasteiger partial charge in [0.05, 0.1) is 11.0 Å². The topological polar surface area (TPSA) is 38.4 Å². The van der Waals surface area contributed by atoms with Gasteiger partial charge in [0.2, 0.25) is 0 Å². The van der Waals surface area contributed by atoms with Crippen LogP contribution in [-0.2, 0) is 13.1 Å². The maximum absolute atomic E-state index is 4.24. The van der Waals surface area contributed by atoms with Gasteiger partial charge in [0.1, 0.15) is 5.82 Å². The third-order valence-electron chi connectivity index (χ3n) is 5.77. The molecule has 4 aromatic rings. The van der Waals surface area contributed by atoms with Gasteiger partial charge in [-0.1, -0.05) is 24.3 Å². The number of likely N-dealkylation sites (tertiary alicyclic amines) is 1. The quantitative estimate of drug-likeness (QED) is 0.554. The molecule has 0 atom stereocenters. The van der Waals surface area contributed by atoms with Gasteiger partial charge in [0.15, 0.2) is 5.65 Å². The lowest BCUT2D eigenvalue weighted by atomic mass is 10.1. The van der Waals surface area contributed by atoms with E-state index < -0.39 is 0 Å². The van der Waals surface area contributed by atoms with Crippen LogP contribution < -0.4 is 0 Å². The van der Waals surface area contributed by atoms with Crippen molar-refractivity contribution >= 4 is 16.7 Å². The zero-order chi connectivity index (χ0) is 18.4. The molecule has 0 N–H and O–H groups in total. The molecule has 1 saturated heterocycles. The van der Waals surface area contributed by atoms with Crippen molar-refractivity contribution in [3.05, 3.63) is 65.1 Å². The second-order valence-corrected chi connectivity index (χ2v) is 7.72. The van der Waals surface area contributed by atoms with Crippen molar-refractivity contribution in [2.24, 2.45) is 0 Å². The molecular formula is C22H25N5. The highest BCUT2D eigenvalue weighted by Crippen LogP contribution is 2.23. The van der Waals surface area contributed by atoms with Crippen LogP contribution in [0.15, 0.2) is 42.5 Å². The summed E-state index contributed by atoms with van der Waals surface area (Å²) >= 11 is 0. The highest BCUT2D eigenvalue weighted by atomic mass is 15.2. The van der Waals surface area contributed by atoms with Crippen molar-refractivity contribution in [1.29, 1.82) is 0 Å². The van der Waals surface area contributed by atoms with E-state index in [2.05, 4.69) is 73.5 Å². The van der Waals surface area contributed by atoms with Crippen molar-refractivity contribution in [2.45, 2.75) is 39.8 Å². The minimum absolute atomic E-state index is 0.881. The minimum atomic E-state index is 0.881. The summed E-state index contributed by atoms with van der Waals surface area (Å²) in [6.07, 6.45) is 2.69. The third kappa shape index (κ3) is 2.92. The summed E-state index contributed by atoms with van der Waals surface area (Å²) in [4.78, 5) is 2.55. The summed E-state index contributed by atoms with van der Waals surface area (Å²) in [5.41, 5.74) is 7.32. The molecule has 5 heteroatoms. The van der Waals surface area contributed by atoms with Crippen molar-refractivity contribution in [1.82, 2.24) is 24.1 Å². The highest BCUT2D eigenvalue weighted by Gasteiger charge is 2.13. The van der Waals surface area contributed by atoms with Crippen LogP contribution in [0.4, 0.5) is 0 Å². The average molecular weight is 359 g/mol. The van der Waals surface area contributed by atoms with Crippen LogP contribution in [0, 0.1) is 13.8 Å². The highest BCUT2D eigenvalue weighted by molar-refractivity contribution is 5.81. The SMILES string of the molecule is Cc1cc2c(ccc3nnc(C)n32)n1Cc1ccc(CN2CCCC2)cc1. The number of rotatable bonds is 4. The maximum Gasteiger partial charge on any atom is 0.161 e. The lowest BCUT2D eigenvalue weighted by Gasteiger charge is -2.15. The van der Waals surface area contributed by atoms with E-state index in [1.807, 2.05) is 6.92 Å². The predicted octanol–water partition coefficient (Wildman–Crippen LogP) is 3.94. The summed E-state index contributed by atoms with van der Waals surface area (Å²) in [6, 6.07) is 15.6. The summed E-state index contributed by atoms with van der Waals surface area (Å²) in [7, 11) is 0. The maximum atomic E-state index is 4.24. The van der Waals surface area contributed by atoms with Crippen LogP contribution in [0.1, 0.15) is 35.5 Å². The van der Waals surface area contributed by atoms with Crippen molar-refractivity contribution in [3.8, 4) is 0 Å². The Hall–Kier alpha value is -2.66. The molecule has 0 spiro atoms. The number of pyridine rings is 1. The second kappa shape index (κ2) is 6.50. The Morgan fingerprint density at radius 3 is 2.26 bits per heavy atom. The smallest absolute Gasteiger partial charge is 0.161 e. The van der Waals surface area contributed by atoms with Gasteiger partial charge in [-0.2, -0.15) is 0 Å². The Morgan fingerprint density at radius 1 is 0.815 bits per heavy atom. The molecule has 0 saturated carbocycles. The molecule has 0 radical (unpaired) electrons. The standard InChI is InChI=1S/C22H25N5/c1-16-13-21-20(9-10-22-24-23-17(2)27(21)22)26(16)15-19-7-5-18(6-8-19)14-25-11-3-4-12-25/h5-10,13H,3-4,11-12,14-15H2,1-2H3. The first-order valence-electron chi connectivity index (χ1n) is 9.80. The van der Waals surface area contributed by atoms with E-state index in [4.69, 9.17) is 0 Å². The molecule has 5 nitrogen and oxygen atoms in total. The van der Waals surface area contributed by atoms with Gasteiger partial charge in [-0.25, -0.2) is 0 Å². The van der Waals surface area contributed by atoms with Crippen molar-refractivity contribution in [3.63, 3.8) is 0 Å². The Bertz CT molecular complexity index is 1100. The zero-order valence-electron chi connectivity index (χ0n) is 16.0. The van der Waals surface area contributed by atoms with Crippen LogP contribution >= 0.6 is 0 Å². The van der Waals surface area contributed by atoms with Crippen molar-refractivity contribution in [2.75, 3.05) is 13.1 Å². The van der Waals surface area contributed by atoms with Crippen molar-refractivity contribution < 1.29 is 0 Å². The van der Waals surface area contributed by atoms with Gasteiger partial charge in [-0.05, 0) is 69.1 Å². The summed E-state index contributed by atoms with van der Waals surface area (Å²) < 4.78 is 4.52. The summed E-state index contributed by atoms with van der Waals surface area (Å²) in [5, 5.41) is 8.46. The number of hydrogen-bond donors (Lipinski definition) is 0.